The lowest BCUT2D eigenvalue weighted by Crippen LogP contribution is -2.07. The Morgan fingerprint density at radius 1 is 1.33 bits per heavy atom. The monoisotopic (exact) mass is 315 g/mol. The van der Waals surface area contributed by atoms with E-state index in [1.54, 1.807) is 0 Å². The Labute approximate surface area is 115 Å². The molecule has 1 aliphatic heterocycles. The highest BCUT2D eigenvalue weighted by molar-refractivity contribution is 9.10. The van der Waals surface area contributed by atoms with Gasteiger partial charge in [-0.1, -0.05) is 6.92 Å². The van der Waals surface area contributed by atoms with Crippen LogP contribution in [0, 0.1) is 0 Å². The Balaban J connectivity index is 2.43. The van der Waals surface area contributed by atoms with E-state index in [9.17, 15) is 0 Å². The average molecular weight is 316 g/mol. The van der Waals surface area contributed by atoms with Gasteiger partial charge in [0, 0.05) is 12.0 Å². The van der Waals surface area contributed by atoms with Crippen molar-refractivity contribution in [2.45, 2.75) is 26.2 Å². The minimum atomic E-state index is 0.499. The van der Waals surface area contributed by atoms with Gasteiger partial charge in [-0.25, -0.2) is 5.90 Å². The third-order valence-corrected chi connectivity index (χ3v) is 3.60. The SMILES string of the molecule is CCc1c(CCON)cc(Br)c2c1OCCCO2. The van der Waals surface area contributed by atoms with Gasteiger partial charge in [0.1, 0.15) is 0 Å². The highest BCUT2D eigenvalue weighted by atomic mass is 79.9. The molecule has 2 N–H and O–H groups in total. The molecule has 1 heterocycles. The highest BCUT2D eigenvalue weighted by Gasteiger charge is 2.20. The molecule has 1 aliphatic rings. The van der Waals surface area contributed by atoms with Crippen LogP contribution in [0.5, 0.6) is 11.5 Å². The molecular formula is C13H18BrNO3. The first kappa shape index (κ1) is 13.6. The molecule has 18 heavy (non-hydrogen) atoms. The van der Waals surface area contributed by atoms with E-state index in [-0.39, 0.29) is 0 Å². The molecule has 0 bridgehead atoms. The number of hydrogen-bond acceptors (Lipinski definition) is 4. The summed E-state index contributed by atoms with van der Waals surface area (Å²) >= 11 is 3.55. The van der Waals surface area contributed by atoms with E-state index < -0.39 is 0 Å². The maximum Gasteiger partial charge on any atom is 0.175 e. The van der Waals surface area contributed by atoms with E-state index in [1.807, 2.05) is 0 Å². The fraction of sp³-hybridized carbons (Fsp3) is 0.538. The smallest absolute Gasteiger partial charge is 0.175 e. The summed E-state index contributed by atoms with van der Waals surface area (Å²) in [4.78, 5) is 4.67. The van der Waals surface area contributed by atoms with Gasteiger partial charge < -0.3 is 14.3 Å². The number of hydrogen-bond donors (Lipinski definition) is 1. The van der Waals surface area contributed by atoms with E-state index in [0.29, 0.717) is 19.8 Å². The topological polar surface area (TPSA) is 53.7 Å². The van der Waals surface area contributed by atoms with Crippen LogP contribution in [0.1, 0.15) is 24.5 Å². The molecule has 0 unspecified atom stereocenters. The van der Waals surface area contributed by atoms with Crippen LogP contribution in [0.15, 0.2) is 10.5 Å². The van der Waals surface area contributed by atoms with Crippen LogP contribution < -0.4 is 15.4 Å². The maximum atomic E-state index is 5.84. The Kier molecular flexibility index (Phi) is 4.86. The molecule has 100 valence electrons. The summed E-state index contributed by atoms with van der Waals surface area (Å²) in [5.74, 6) is 6.79. The van der Waals surface area contributed by atoms with Gasteiger partial charge >= 0.3 is 0 Å². The normalized spacial score (nSPS) is 14.4. The number of nitrogens with two attached hydrogens (primary N) is 1. The molecule has 0 radical (unpaired) electrons. The molecule has 2 rings (SSSR count). The number of ether oxygens (including phenoxy) is 2. The average Bonchev–Trinajstić information content (AvgIpc) is 2.62. The number of fused-ring (bicyclic) bond motifs is 1. The standard InChI is InChI=1S/C13H18BrNO3/c1-2-10-9(4-7-18-15)8-11(14)13-12(10)16-5-3-6-17-13/h8H,2-7,15H2,1H3. The van der Waals surface area contributed by atoms with Crippen LogP contribution >= 0.6 is 15.9 Å². The Bertz CT molecular complexity index is 423. The molecule has 1 aromatic rings. The number of halogens is 1. The van der Waals surface area contributed by atoms with E-state index in [2.05, 4.69) is 33.8 Å². The molecule has 0 spiro atoms. The molecule has 5 heteroatoms. The lowest BCUT2D eigenvalue weighted by molar-refractivity contribution is 0.141. The lowest BCUT2D eigenvalue weighted by Gasteiger charge is -2.17. The van der Waals surface area contributed by atoms with E-state index >= 15 is 0 Å². The van der Waals surface area contributed by atoms with Crippen molar-refractivity contribution < 1.29 is 14.3 Å². The Hall–Kier alpha value is -0.780. The minimum Gasteiger partial charge on any atom is -0.489 e. The van der Waals surface area contributed by atoms with Crippen LogP contribution in [0.3, 0.4) is 0 Å². The van der Waals surface area contributed by atoms with Gasteiger partial charge in [-0.15, -0.1) is 0 Å². The van der Waals surface area contributed by atoms with Crippen molar-refractivity contribution >= 4 is 15.9 Å². The zero-order valence-electron chi connectivity index (χ0n) is 10.5. The molecular weight excluding hydrogens is 298 g/mol. The van der Waals surface area contributed by atoms with Crippen molar-refractivity contribution in [3.63, 3.8) is 0 Å². The van der Waals surface area contributed by atoms with Gasteiger partial charge in [0.15, 0.2) is 11.5 Å². The molecule has 0 amide bonds. The number of rotatable bonds is 4. The van der Waals surface area contributed by atoms with Crippen LogP contribution in [0.4, 0.5) is 0 Å². The summed E-state index contributed by atoms with van der Waals surface area (Å²) in [7, 11) is 0. The van der Waals surface area contributed by atoms with E-state index in [4.69, 9.17) is 15.4 Å². The van der Waals surface area contributed by atoms with Gasteiger partial charge in [0.05, 0.1) is 24.3 Å². The molecule has 0 aliphatic carbocycles. The van der Waals surface area contributed by atoms with Crippen LogP contribution in [-0.4, -0.2) is 19.8 Å². The van der Waals surface area contributed by atoms with Gasteiger partial charge in [-0.2, -0.15) is 0 Å². The molecule has 4 nitrogen and oxygen atoms in total. The first-order valence-electron chi connectivity index (χ1n) is 6.19. The molecule has 0 fully saturated rings. The van der Waals surface area contributed by atoms with Crippen molar-refractivity contribution in [1.82, 2.24) is 0 Å². The first-order valence-corrected chi connectivity index (χ1v) is 6.98. The third kappa shape index (κ3) is 2.79. The Morgan fingerprint density at radius 3 is 2.72 bits per heavy atom. The second kappa shape index (κ2) is 6.41. The van der Waals surface area contributed by atoms with Crippen LogP contribution in [0.25, 0.3) is 0 Å². The molecule has 1 aromatic carbocycles. The summed E-state index contributed by atoms with van der Waals surface area (Å²) < 4.78 is 12.5. The summed E-state index contributed by atoms with van der Waals surface area (Å²) in [5, 5.41) is 0. The van der Waals surface area contributed by atoms with Gasteiger partial charge in [-0.05, 0) is 40.4 Å². The Morgan fingerprint density at radius 2 is 2.06 bits per heavy atom. The molecule has 0 saturated heterocycles. The largest absolute Gasteiger partial charge is 0.489 e. The van der Waals surface area contributed by atoms with Crippen molar-refractivity contribution in [1.29, 1.82) is 0 Å². The first-order chi connectivity index (χ1) is 8.77. The van der Waals surface area contributed by atoms with E-state index in [1.165, 1.54) is 11.1 Å². The van der Waals surface area contributed by atoms with Crippen molar-refractivity contribution in [2.75, 3.05) is 19.8 Å². The zero-order chi connectivity index (χ0) is 13.0. The maximum absolute atomic E-state index is 5.84. The lowest BCUT2D eigenvalue weighted by atomic mass is 10.0. The van der Waals surface area contributed by atoms with Gasteiger partial charge in [0.2, 0.25) is 0 Å². The fourth-order valence-electron chi connectivity index (χ4n) is 2.17. The van der Waals surface area contributed by atoms with E-state index in [0.717, 1.165) is 35.2 Å². The van der Waals surface area contributed by atoms with Crippen LogP contribution in [0.2, 0.25) is 0 Å². The summed E-state index contributed by atoms with van der Waals surface area (Å²) in [6.07, 6.45) is 2.58. The summed E-state index contributed by atoms with van der Waals surface area (Å²) in [6.45, 7) is 4.01. The predicted molar refractivity (Wildman–Crippen MR) is 73.0 cm³/mol. The van der Waals surface area contributed by atoms with Crippen LogP contribution in [-0.2, 0) is 17.7 Å². The molecule has 0 saturated carbocycles. The van der Waals surface area contributed by atoms with Crippen molar-refractivity contribution in [3.05, 3.63) is 21.7 Å². The number of benzene rings is 1. The summed E-state index contributed by atoms with van der Waals surface area (Å²) in [5.41, 5.74) is 2.38. The molecule has 0 atom stereocenters. The molecule has 0 aromatic heterocycles. The highest BCUT2D eigenvalue weighted by Crippen LogP contribution is 2.42. The minimum absolute atomic E-state index is 0.499. The quantitative estimate of drug-likeness (QED) is 0.868. The second-order valence-corrected chi connectivity index (χ2v) is 5.03. The third-order valence-electron chi connectivity index (χ3n) is 3.01. The second-order valence-electron chi connectivity index (χ2n) is 4.18. The van der Waals surface area contributed by atoms with Gasteiger partial charge in [-0.3, -0.25) is 0 Å². The van der Waals surface area contributed by atoms with Crippen molar-refractivity contribution in [3.8, 4) is 11.5 Å². The zero-order valence-corrected chi connectivity index (χ0v) is 12.1. The van der Waals surface area contributed by atoms with Gasteiger partial charge in [0.25, 0.3) is 0 Å². The van der Waals surface area contributed by atoms with Crippen molar-refractivity contribution in [2.24, 2.45) is 5.90 Å². The predicted octanol–water partition coefficient (Wildman–Crippen LogP) is 2.61. The fourth-order valence-corrected chi connectivity index (χ4v) is 2.74. The summed E-state index contributed by atoms with van der Waals surface area (Å²) in [6, 6.07) is 2.07.